The van der Waals surface area contributed by atoms with Crippen LogP contribution in [0, 0.1) is 46.8 Å². The smallest absolute Gasteiger partial charge is 0.0943 e. The molecule has 4 rings (SSSR count). The number of rotatable bonds is 0. The third kappa shape index (κ3) is 1.94. The van der Waals surface area contributed by atoms with Crippen LogP contribution in [0.3, 0.4) is 0 Å². The molecule has 20 heavy (non-hydrogen) atoms. The maximum absolute atomic E-state index is 9.92. The van der Waals surface area contributed by atoms with Gasteiger partial charge in [0.15, 0.2) is 0 Å². The number of nitrogens with zero attached hydrogens (tertiary/aromatic N) is 1. The summed E-state index contributed by atoms with van der Waals surface area (Å²) >= 11 is 0. The van der Waals surface area contributed by atoms with Gasteiger partial charge in [-0.3, -0.25) is 0 Å². The van der Waals surface area contributed by atoms with Crippen LogP contribution in [-0.4, -0.2) is 11.2 Å². The lowest BCUT2D eigenvalue weighted by molar-refractivity contribution is -0.0428. The van der Waals surface area contributed by atoms with E-state index in [0.717, 1.165) is 54.4 Å². The molecule has 0 spiro atoms. The monoisotopic (exact) mass is 271 g/mol. The van der Waals surface area contributed by atoms with Gasteiger partial charge in [-0.25, -0.2) is 0 Å². The van der Waals surface area contributed by atoms with Gasteiger partial charge in [0.25, 0.3) is 0 Å². The van der Waals surface area contributed by atoms with Crippen molar-refractivity contribution in [1.82, 2.24) is 0 Å². The normalized spacial score (nSPS) is 50.4. The van der Waals surface area contributed by atoms with Gasteiger partial charge < -0.3 is 5.11 Å². The molecule has 0 bridgehead atoms. The summed E-state index contributed by atoms with van der Waals surface area (Å²) in [5, 5.41) is 19.1. The first-order valence-electron chi connectivity index (χ1n) is 8.55. The third-order valence-electron chi connectivity index (χ3n) is 6.93. The number of aliphatic hydroxyl groups is 1. The quantitative estimate of drug-likeness (QED) is 0.730. The van der Waals surface area contributed by atoms with Gasteiger partial charge in [0, 0.05) is 5.57 Å². The van der Waals surface area contributed by atoms with Crippen molar-refractivity contribution in [2.24, 2.45) is 35.5 Å². The van der Waals surface area contributed by atoms with E-state index in [-0.39, 0.29) is 6.10 Å². The highest BCUT2D eigenvalue weighted by Gasteiger charge is 2.49. The molecule has 0 saturated heterocycles. The standard InChI is InChI=1S/C18H25NO/c19-10-11-7-12-1-4-16-15-6-3-14(20)9-13(15)2-5-17(16)18(12)8-11/h7,12-18,20H,1-6,8-9H2/t12?,13-,14+,15?,16+,17?,18+/m1/s1. The first-order valence-corrected chi connectivity index (χ1v) is 8.55. The average molecular weight is 271 g/mol. The minimum absolute atomic E-state index is 0.0255. The van der Waals surface area contributed by atoms with Crippen molar-refractivity contribution in [3.63, 3.8) is 0 Å². The van der Waals surface area contributed by atoms with Crippen LogP contribution in [-0.2, 0) is 0 Å². The van der Waals surface area contributed by atoms with Crippen LogP contribution in [0.2, 0.25) is 0 Å². The van der Waals surface area contributed by atoms with E-state index in [4.69, 9.17) is 0 Å². The van der Waals surface area contributed by atoms with Crippen molar-refractivity contribution >= 4 is 0 Å². The number of fused-ring (bicyclic) bond motifs is 5. The van der Waals surface area contributed by atoms with Crippen molar-refractivity contribution in [3.05, 3.63) is 11.6 Å². The van der Waals surface area contributed by atoms with E-state index in [1.54, 1.807) is 0 Å². The van der Waals surface area contributed by atoms with Gasteiger partial charge in [0.1, 0.15) is 0 Å². The van der Waals surface area contributed by atoms with Gasteiger partial charge >= 0.3 is 0 Å². The minimum atomic E-state index is -0.0255. The molecule has 0 aliphatic heterocycles. The summed E-state index contributed by atoms with van der Waals surface area (Å²) in [7, 11) is 0. The van der Waals surface area contributed by atoms with Crippen molar-refractivity contribution in [1.29, 1.82) is 5.26 Å². The Bertz CT molecular complexity index is 463. The zero-order chi connectivity index (χ0) is 13.7. The first-order chi connectivity index (χ1) is 9.76. The fraction of sp³-hybridized carbons (Fsp3) is 0.833. The molecule has 2 nitrogen and oxygen atoms in total. The molecule has 4 aliphatic rings. The Morgan fingerprint density at radius 2 is 1.70 bits per heavy atom. The summed E-state index contributed by atoms with van der Waals surface area (Å²) in [6, 6.07) is 2.41. The van der Waals surface area contributed by atoms with Crippen molar-refractivity contribution < 1.29 is 5.11 Å². The molecule has 0 heterocycles. The van der Waals surface area contributed by atoms with E-state index < -0.39 is 0 Å². The molecular formula is C18H25NO. The maximum atomic E-state index is 9.92. The van der Waals surface area contributed by atoms with Gasteiger partial charge in [0.05, 0.1) is 12.2 Å². The number of hydrogen-bond donors (Lipinski definition) is 1. The highest BCUT2D eigenvalue weighted by molar-refractivity contribution is 5.28. The van der Waals surface area contributed by atoms with Crippen LogP contribution in [0.15, 0.2) is 11.6 Å². The van der Waals surface area contributed by atoms with Crippen LogP contribution >= 0.6 is 0 Å². The van der Waals surface area contributed by atoms with E-state index in [0.29, 0.717) is 5.92 Å². The number of aliphatic hydroxyl groups excluding tert-OH is 1. The molecule has 4 aliphatic carbocycles. The fourth-order valence-corrected chi connectivity index (χ4v) is 6.15. The lowest BCUT2D eigenvalue weighted by Gasteiger charge is -2.52. The molecule has 1 N–H and O–H groups in total. The second kappa shape index (κ2) is 4.88. The molecule has 0 aromatic heterocycles. The van der Waals surface area contributed by atoms with E-state index >= 15 is 0 Å². The number of hydrogen-bond acceptors (Lipinski definition) is 2. The van der Waals surface area contributed by atoms with E-state index in [2.05, 4.69) is 12.1 Å². The molecule has 0 radical (unpaired) electrons. The predicted octanol–water partition coefficient (Wildman–Crippen LogP) is 3.67. The summed E-state index contributed by atoms with van der Waals surface area (Å²) in [5.41, 5.74) is 1.06. The van der Waals surface area contributed by atoms with E-state index in [1.807, 2.05) is 0 Å². The second-order valence-electron chi connectivity index (χ2n) is 7.71. The molecule has 3 unspecified atom stereocenters. The minimum Gasteiger partial charge on any atom is -0.393 e. The van der Waals surface area contributed by atoms with Gasteiger partial charge in [0.2, 0.25) is 0 Å². The predicted molar refractivity (Wildman–Crippen MR) is 77.6 cm³/mol. The molecule has 0 amide bonds. The Morgan fingerprint density at radius 3 is 2.55 bits per heavy atom. The van der Waals surface area contributed by atoms with Crippen LogP contribution in [0.1, 0.15) is 51.4 Å². The Balaban J connectivity index is 1.53. The van der Waals surface area contributed by atoms with Gasteiger partial charge in [-0.05, 0) is 86.9 Å². The SMILES string of the molecule is N#CC1=CC2CC[C@H]3C4CC[C@H](O)C[C@H]4CCC3[C@H]2C1. The highest BCUT2D eigenvalue weighted by atomic mass is 16.3. The largest absolute Gasteiger partial charge is 0.393 e. The summed E-state index contributed by atoms with van der Waals surface area (Å²) in [6.45, 7) is 0. The van der Waals surface area contributed by atoms with Crippen molar-refractivity contribution in [2.75, 3.05) is 0 Å². The Labute approximate surface area is 121 Å². The second-order valence-corrected chi connectivity index (χ2v) is 7.71. The van der Waals surface area contributed by atoms with Crippen LogP contribution in [0.25, 0.3) is 0 Å². The molecule has 0 aromatic rings. The Morgan fingerprint density at radius 1 is 0.950 bits per heavy atom. The molecule has 3 saturated carbocycles. The number of allylic oxidation sites excluding steroid dienone is 2. The molecule has 108 valence electrons. The van der Waals surface area contributed by atoms with Crippen molar-refractivity contribution in [2.45, 2.75) is 57.5 Å². The summed E-state index contributed by atoms with van der Waals surface area (Å²) in [6.07, 6.45) is 12.0. The molecule has 2 heteroatoms. The summed E-state index contributed by atoms with van der Waals surface area (Å²) in [4.78, 5) is 0. The van der Waals surface area contributed by atoms with Gasteiger partial charge in [-0.15, -0.1) is 0 Å². The zero-order valence-electron chi connectivity index (χ0n) is 12.2. The topological polar surface area (TPSA) is 44.0 Å². The first kappa shape index (κ1) is 12.9. The van der Waals surface area contributed by atoms with Crippen LogP contribution < -0.4 is 0 Å². The molecular weight excluding hydrogens is 246 g/mol. The van der Waals surface area contributed by atoms with E-state index in [9.17, 15) is 10.4 Å². The molecule has 0 aromatic carbocycles. The fourth-order valence-electron chi connectivity index (χ4n) is 6.15. The van der Waals surface area contributed by atoms with Crippen LogP contribution in [0.4, 0.5) is 0 Å². The molecule has 7 atom stereocenters. The Kier molecular flexibility index (Phi) is 3.15. The van der Waals surface area contributed by atoms with Crippen molar-refractivity contribution in [3.8, 4) is 6.07 Å². The average Bonchev–Trinajstić information content (AvgIpc) is 2.89. The lowest BCUT2D eigenvalue weighted by atomic mass is 9.53. The lowest BCUT2D eigenvalue weighted by Crippen LogP contribution is -2.45. The third-order valence-corrected chi connectivity index (χ3v) is 6.93. The zero-order valence-corrected chi connectivity index (χ0v) is 12.2. The molecule has 3 fully saturated rings. The van der Waals surface area contributed by atoms with Crippen LogP contribution in [0.5, 0.6) is 0 Å². The van der Waals surface area contributed by atoms with Gasteiger partial charge in [-0.1, -0.05) is 6.08 Å². The maximum Gasteiger partial charge on any atom is 0.0943 e. The summed E-state index contributed by atoms with van der Waals surface area (Å²) in [5.74, 6) is 4.92. The Hall–Kier alpha value is -0.810. The van der Waals surface area contributed by atoms with Gasteiger partial charge in [-0.2, -0.15) is 5.26 Å². The number of nitriles is 1. The highest BCUT2D eigenvalue weighted by Crippen LogP contribution is 2.57. The summed E-state index contributed by atoms with van der Waals surface area (Å²) < 4.78 is 0. The van der Waals surface area contributed by atoms with E-state index in [1.165, 1.54) is 32.1 Å².